The van der Waals surface area contributed by atoms with E-state index in [0.29, 0.717) is 30.3 Å². The van der Waals surface area contributed by atoms with Crippen LogP contribution >= 0.6 is 47.0 Å². The van der Waals surface area contributed by atoms with E-state index in [1.165, 1.54) is 0 Å². The summed E-state index contributed by atoms with van der Waals surface area (Å²) in [6.07, 6.45) is -0.0583. The van der Waals surface area contributed by atoms with Gasteiger partial charge in [-0.3, -0.25) is 9.59 Å². The van der Waals surface area contributed by atoms with Gasteiger partial charge in [-0.15, -0.1) is 0 Å². The van der Waals surface area contributed by atoms with Crippen molar-refractivity contribution in [3.8, 4) is 0 Å². The fraction of sp³-hybridized carbons (Fsp3) is 0.320. The topological polar surface area (TPSA) is 66.4 Å². The molecule has 2 aromatic carbocycles. The Kier molecular flexibility index (Phi) is 6.70. The summed E-state index contributed by atoms with van der Waals surface area (Å²) in [6, 6.07) is 18.5. The molecule has 1 saturated heterocycles. The molecule has 5 rings (SSSR count). The molecule has 0 spiro atoms. The van der Waals surface area contributed by atoms with Crippen LogP contribution in [-0.4, -0.2) is 43.5 Å². The summed E-state index contributed by atoms with van der Waals surface area (Å²) >= 11 is 24.4. The number of benzene rings is 2. The second-order valence-corrected chi connectivity index (χ2v) is 11.8. The predicted molar refractivity (Wildman–Crippen MR) is 144 cm³/mol. The molecule has 1 amide bonds. The highest BCUT2D eigenvalue weighted by Crippen LogP contribution is 2.35. The minimum Gasteiger partial charge on any atom is -0.348 e. The van der Waals surface area contributed by atoms with Gasteiger partial charge >= 0.3 is 0 Å². The van der Waals surface area contributed by atoms with E-state index in [9.17, 15) is 9.59 Å². The van der Waals surface area contributed by atoms with Crippen molar-refractivity contribution in [3.63, 3.8) is 0 Å². The van der Waals surface area contributed by atoms with Crippen LogP contribution in [0.5, 0.6) is 0 Å². The summed E-state index contributed by atoms with van der Waals surface area (Å²) in [5.41, 5.74) is 1.52. The molecular formula is C25H23Cl3N4O2S. The predicted octanol–water partition coefficient (Wildman–Crippen LogP) is 4.42. The molecule has 3 heterocycles. The van der Waals surface area contributed by atoms with Crippen LogP contribution in [0.15, 0.2) is 65.5 Å². The molecule has 2 bridgehead atoms. The highest BCUT2D eigenvalue weighted by molar-refractivity contribution is 7.80. The summed E-state index contributed by atoms with van der Waals surface area (Å²) in [4.78, 5) is 27.5. The molecule has 0 aliphatic carbocycles. The first-order chi connectivity index (χ1) is 16.7. The number of thiocarbonyl (C=S) groups is 1. The Morgan fingerprint density at radius 1 is 0.971 bits per heavy atom. The van der Waals surface area contributed by atoms with Crippen LogP contribution in [0.3, 0.4) is 0 Å². The number of halogens is 3. The van der Waals surface area contributed by atoms with Crippen molar-refractivity contribution < 1.29 is 4.79 Å². The minimum atomic E-state index is -1.85. The minimum absolute atomic E-state index is 0.0266. The van der Waals surface area contributed by atoms with Crippen molar-refractivity contribution in [1.29, 1.82) is 0 Å². The molecule has 1 fully saturated rings. The lowest BCUT2D eigenvalue weighted by Gasteiger charge is -2.44. The third kappa shape index (κ3) is 5.00. The summed E-state index contributed by atoms with van der Waals surface area (Å²) in [7, 11) is 0. The average Bonchev–Trinajstić information content (AvgIpc) is 2.83. The van der Waals surface area contributed by atoms with Crippen LogP contribution in [0.25, 0.3) is 10.8 Å². The molecule has 3 aromatic rings. The Morgan fingerprint density at radius 3 is 2.51 bits per heavy atom. The van der Waals surface area contributed by atoms with Gasteiger partial charge in [0.25, 0.3) is 11.5 Å². The van der Waals surface area contributed by atoms with Gasteiger partial charge in [-0.2, -0.15) is 0 Å². The summed E-state index contributed by atoms with van der Waals surface area (Å²) in [6.45, 7) is 1.96. The zero-order valence-electron chi connectivity index (χ0n) is 18.6. The lowest BCUT2D eigenvalue weighted by molar-refractivity contribution is 0.0934. The zero-order valence-corrected chi connectivity index (χ0v) is 21.7. The molecule has 2 N–H and O–H groups in total. The number of alkyl halides is 3. The highest BCUT2D eigenvalue weighted by atomic mass is 35.6. The lowest BCUT2D eigenvalue weighted by atomic mass is 9.83. The first kappa shape index (κ1) is 24.4. The summed E-state index contributed by atoms with van der Waals surface area (Å²) in [5, 5.41) is 7.99. The number of pyridine rings is 1. The number of nitrogens with one attached hydrogen (secondary N) is 2. The van der Waals surface area contributed by atoms with Crippen LogP contribution < -0.4 is 16.2 Å². The second-order valence-electron chi connectivity index (χ2n) is 9.03. The van der Waals surface area contributed by atoms with Crippen LogP contribution in [0.2, 0.25) is 0 Å². The number of piperidine rings is 1. The molecule has 10 heteroatoms. The Labute approximate surface area is 223 Å². The van der Waals surface area contributed by atoms with Crippen molar-refractivity contribution in [1.82, 2.24) is 20.1 Å². The number of likely N-dealkylation sites (tertiary alicyclic amines) is 1. The van der Waals surface area contributed by atoms with Gasteiger partial charge in [0, 0.05) is 42.9 Å². The monoisotopic (exact) mass is 548 g/mol. The first-order valence-corrected chi connectivity index (χ1v) is 12.9. The van der Waals surface area contributed by atoms with Gasteiger partial charge in [-0.05, 0) is 47.5 Å². The third-order valence-electron chi connectivity index (χ3n) is 6.67. The largest absolute Gasteiger partial charge is 0.348 e. The van der Waals surface area contributed by atoms with E-state index < -0.39 is 9.96 Å². The molecule has 3 atom stereocenters. The van der Waals surface area contributed by atoms with Gasteiger partial charge in [-0.1, -0.05) is 77.3 Å². The lowest BCUT2D eigenvalue weighted by Crippen LogP contribution is -2.60. The highest BCUT2D eigenvalue weighted by Gasteiger charge is 2.39. The maximum Gasteiger partial charge on any atom is 0.253 e. The van der Waals surface area contributed by atoms with Gasteiger partial charge in [-0.25, -0.2) is 0 Å². The average molecular weight is 550 g/mol. The maximum absolute atomic E-state index is 13.2. The Balaban J connectivity index is 1.33. The number of nitrogens with zero attached hydrogens (tertiary/aromatic N) is 2. The van der Waals surface area contributed by atoms with E-state index in [2.05, 4.69) is 10.6 Å². The standard InChI is InChI=1S/C25H23Cl3N4O2S/c26-25(27,28)23(29-22(34)19-8-3-6-16-5-1-2-7-18(16)19)30-24(35)31-12-15-11-17(14-31)20-9-4-10-21(33)32(20)13-15/h1-10,15,17,23H,11-14H2,(H,29,34)(H,30,35)/t15-,17+,23-/m0/s1. The molecule has 0 unspecified atom stereocenters. The maximum atomic E-state index is 13.2. The number of hydrogen-bond donors (Lipinski definition) is 2. The van der Waals surface area contributed by atoms with Gasteiger partial charge < -0.3 is 20.1 Å². The molecule has 0 radical (unpaired) electrons. The van der Waals surface area contributed by atoms with Crippen LogP contribution in [0.1, 0.15) is 28.4 Å². The van der Waals surface area contributed by atoms with E-state index in [4.69, 9.17) is 47.0 Å². The van der Waals surface area contributed by atoms with Gasteiger partial charge in [0.05, 0.1) is 0 Å². The van der Waals surface area contributed by atoms with E-state index in [-0.39, 0.29) is 23.3 Å². The van der Waals surface area contributed by atoms with E-state index in [0.717, 1.165) is 22.9 Å². The second kappa shape index (κ2) is 9.62. The smallest absolute Gasteiger partial charge is 0.253 e. The zero-order chi connectivity index (χ0) is 24.7. The van der Waals surface area contributed by atoms with Crippen LogP contribution in [-0.2, 0) is 6.54 Å². The van der Waals surface area contributed by atoms with E-state index in [1.54, 1.807) is 18.2 Å². The van der Waals surface area contributed by atoms with Crippen molar-refractivity contribution in [2.75, 3.05) is 13.1 Å². The SMILES string of the molecule is O=C(N[C@@H](NC(=S)N1C[C@@H]2C[C@H](C1)c1cccc(=O)n1C2)C(Cl)(Cl)Cl)c1cccc2ccccc12. The quantitative estimate of drug-likeness (QED) is 0.288. The Bertz CT molecular complexity index is 1350. The number of hydrogen-bond acceptors (Lipinski definition) is 3. The van der Waals surface area contributed by atoms with Crippen LogP contribution in [0, 0.1) is 5.92 Å². The fourth-order valence-corrected chi connectivity index (χ4v) is 5.70. The van der Waals surface area contributed by atoms with Crippen molar-refractivity contribution in [2.45, 2.75) is 28.8 Å². The molecule has 0 saturated carbocycles. The molecule has 35 heavy (non-hydrogen) atoms. The first-order valence-electron chi connectivity index (χ1n) is 11.3. The normalized spacial score (nSPS) is 20.1. The molecule has 6 nitrogen and oxygen atoms in total. The van der Waals surface area contributed by atoms with Crippen molar-refractivity contribution in [2.24, 2.45) is 5.92 Å². The van der Waals surface area contributed by atoms with Gasteiger partial charge in [0.2, 0.25) is 3.79 Å². The number of carbonyl (C=O) groups excluding carboxylic acids is 1. The number of rotatable bonds is 3. The molecule has 182 valence electrons. The summed E-state index contributed by atoms with van der Waals surface area (Å²) < 4.78 is 0.0110. The number of carbonyl (C=O) groups is 1. The molecule has 1 aromatic heterocycles. The van der Waals surface area contributed by atoms with Crippen LogP contribution in [0.4, 0.5) is 0 Å². The van der Waals surface area contributed by atoms with Crippen molar-refractivity contribution >= 4 is 68.8 Å². The number of amides is 1. The van der Waals surface area contributed by atoms with Gasteiger partial charge in [0.15, 0.2) is 5.11 Å². The molecule has 2 aliphatic rings. The fourth-order valence-electron chi connectivity index (χ4n) is 5.11. The summed E-state index contributed by atoms with van der Waals surface area (Å²) in [5.74, 6) is 0.0717. The Morgan fingerprint density at radius 2 is 1.71 bits per heavy atom. The van der Waals surface area contributed by atoms with E-state index >= 15 is 0 Å². The third-order valence-corrected chi connectivity index (χ3v) is 7.70. The number of fused-ring (bicyclic) bond motifs is 5. The van der Waals surface area contributed by atoms with Gasteiger partial charge in [0.1, 0.15) is 6.17 Å². The molecule has 2 aliphatic heterocycles. The van der Waals surface area contributed by atoms with Crippen molar-refractivity contribution in [3.05, 3.63) is 82.3 Å². The van der Waals surface area contributed by atoms with E-state index in [1.807, 2.05) is 51.9 Å². The number of aromatic nitrogens is 1. The Hall–Kier alpha value is -2.32. The molecular weight excluding hydrogens is 527 g/mol.